The average molecular weight is 486 g/mol. The van der Waals surface area contributed by atoms with Crippen molar-refractivity contribution in [3.63, 3.8) is 0 Å². The van der Waals surface area contributed by atoms with Crippen molar-refractivity contribution < 1.29 is 9.53 Å². The van der Waals surface area contributed by atoms with Crippen molar-refractivity contribution in [3.8, 4) is 11.1 Å². The van der Waals surface area contributed by atoms with Crippen molar-refractivity contribution in [2.24, 2.45) is 0 Å². The Labute approximate surface area is 213 Å². The van der Waals surface area contributed by atoms with E-state index in [1.165, 1.54) is 17.5 Å². The third-order valence-corrected chi connectivity index (χ3v) is 7.32. The van der Waals surface area contributed by atoms with Gasteiger partial charge in [0.2, 0.25) is 0 Å². The van der Waals surface area contributed by atoms with E-state index in [9.17, 15) is 4.79 Å². The van der Waals surface area contributed by atoms with Gasteiger partial charge >= 0.3 is 0 Å². The number of hydrogen-bond acceptors (Lipinski definition) is 6. The lowest BCUT2D eigenvalue weighted by molar-refractivity contribution is -0.0424. The summed E-state index contributed by atoms with van der Waals surface area (Å²) in [5, 5.41) is 3.42. The molecule has 2 aliphatic heterocycles. The molecule has 7 nitrogen and oxygen atoms in total. The van der Waals surface area contributed by atoms with Gasteiger partial charge in [0.15, 0.2) is 0 Å². The molecule has 0 radical (unpaired) electrons. The van der Waals surface area contributed by atoms with Crippen molar-refractivity contribution in [3.05, 3.63) is 77.7 Å². The summed E-state index contributed by atoms with van der Waals surface area (Å²) in [6.45, 7) is 8.96. The van der Waals surface area contributed by atoms with E-state index in [0.29, 0.717) is 24.1 Å². The molecule has 3 aromatic rings. The summed E-state index contributed by atoms with van der Waals surface area (Å²) in [7, 11) is 0. The maximum atomic E-state index is 13.4. The maximum absolute atomic E-state index is 13.4. The SMILES string of the molecule is Cc1c(NCc2cccc(-c3ccccc3)c2)ncnc1C(=O)N1CCC(N2CCOC(C)C2)CC1. The topological polar surface area (TPSA) is 70.6 Å². The largest absolute Gasteiger partial charge is 0.376 e. The highest BCUT2D eigenvalue weighted by Crippen LogP contribution is 2.24. The van der Waals surface area contributed by atoms with Gasteiger partial charge in [-0.1, -0.05) is 48.5 Å². The van der Waals surface area contributed by atoms with E-state index < -0.39 is 0 Å². The molecule has 0 saturated carbocycles. The molecule has 2 fully saturated rings. The van der Waals surface area contributed by atoms with Crippen molar-refractivity contribution in [2.75, 3.05) is 38.1 Å². The van der Waals surface area contributed by atoms with Crippen LogP contribution in [-0.2, 0) is 11.3 Å². The van der Waals surface area contributed by atoms with Crippen molar-refractivity contribution in [2.45, 2.75) is 45.4 Å². The molecule has 0 spiro atoms. The molecule has 36 heavy (non-hydrogen) atoms. The summed E-state index contributed by atoms with van der Waals surface area (Å²) in [5.41, 5.74) is 4.81. The molecule has 5 rings (SSSR count). The number of morpholine rings is 1. The number of amides is 1. The first-order valence-corrected chi connectivity index (χ1v) is 12.9. The quantitative estimate of drug-likeness (QED) is 0.559. The predicted octanol–water partition coefficient (Wildman–Crippen LogP) is 4.39. The number of carbonyl (C=O) groups excluding carboxylic acids is 1. The minimum atomic E-state index is -0.00202. The number of piperidine rings is 1. The first-order chi connectivity index (χ1) is 17.6. The Balaban J connectivity index is 1.21. The molecule has 1 unspecified atom stereocenters. The summed E-state index contributed by atoms with van der Waals surface area (Å²) in [6, 6.07) is 19.4. The second-order valence-electron chi connectivity index (χ2n) is 9.82. The molecule has 1 aromatic heterocycles. The summed E-state index contributed by atoms with van der Waals surface area (Å²) in [4.78, 5) is 26.6. The fourth-order valence-corrected chi connectivity index (χ4v) is 5.28. The van der Waals surface area contributed by atoms with Gasteiger partial charge in [0.25, 0.3) is 5.91 Å². The second kappa shape index (κ2) is 11.2. The van der Waals surface area contributed by atoms with Crippen LogP contribution in [0.4, 0.5) is 5.82 Å². The highest BCUT2D eigenvalue weighted by atomic mass is 16.5. The standard InChI is InChI=1S/C29H35N5O2/c1-21-19-34(15-16-36-21)26-11-13-33(14-12-26)29(35)27-22(2)28(32-20-31-27)30-18-23-7-6-10-25(17-23)24-8-4-3-5-9-24/h3-10,17,20-21,26H,11-16,18-19H2,1-2H3,(H,30,31,32). The van der Waals surface area contributed by atoms with Gasteiger partial charge in [-0.05, 0) is 49.4 Å². The Morgan fingerprint density at radius 2 is 1.81 bits per heavy atom. The molecule has 2 aromatic carbocycles. The number of nitrogens with one attached hydrogen (secondary N) is 1. The minimum Gasteiger partial charge on any atom is -0.376 e. The van der Waals surface area contributed by atoms with E-state index in [1.807, 2.05) is 17.9 Å². The minimum absolute atomic E-state index is 0.00202. The highest BCUT2D eigenvalue weighted by Gasteiger charge is 2.30. The van der Waals surface area contributed by atoms with Crippen LogP contribution in [0.15, 0.2) is 60.9 Å². The van der Waals surface area contributed by atoms with Gasteiger partial charge in [-0.2, -0.15) is 0 Å². The number of nitrogens with zero attached hydrogens (tertiary/aromatic N) is 4. The Morgan fingerprint density at radius 3 is 2.58 bits per heavy atom. The summed E-state index contributed by atoms with van der Waals surface area (Å²) in [5.74, 6) is 0.702. The Morgan fingerprint density at radius 1 is 1.03 bits per heavy atom. The summed E-state index contributed by atoms with van der Waals surface area (Å²) >= 11 is 0. The third-order valence-electron chi connectivity index (χ3n) is 7.32. The number of anilines is 1. The molecular weight excluding hydrogens is 450 g/mol. The Hall–Kier alpha value is -3.29. The second-order valence-corrected chi connectivity index (χ2v) is 9.82. The zero-order chi connectivity index (χ0) is 24.9. The molecular formula is C29H35N5O2. The van der Waals surface area contributed by atoms with Gasteiger partial charge in [0.1, 0.15) is 17.8 Å². The number of benzene rings is 2. The van der Waals surface area contributed by atoms with Gasteiger partial charge in [0, 0.05) is 44.3 Å². The first-order valence-electron chi connectivity index (χ1n) is 12.9. The molecule has 2 aliphatic rings. The van der Waals surface area contributed by atoms with E-state index in [1.54, 1.807) is 0 Å². The summed E-state index contributed by atoms with van der Waals surface area (Å²) in [6.07, 6.45) is 3.76. The van der Waals surface area contributed by atoms with Crippen LogP contribution >= 0.6 is 0 Å². The smallest absolute Gasteiger partial charge is 0.272 e. The molecule has 0 bridgehead atoms. The van der Waals surface area contributed by atoms with Crippen molar-refractivity contribution in [1.29, 1.82) is 0 Å². The number of aromatic nitrogens is 2. The van der Waals surface area contributed by atoms with Gasteiger partial charge in [-0.3, -0.25) is 9.69 Å². The predicted molar refractivity (Wildman–Crippen MR) is 142 cm³/mol. The fourth-order valence-electron chi connectivity index (χ4n) is 5.28. The maximum Gasteiger partial charge on any atom is 0.272 e. The lowest BCUT2D eigenvalue weighted by Gasteiger charge is -2.41. The molecule has 2 saturated heterocycles. The number of hydrogen-bond donors (Lipinski definition) is 1. The van der Waals surface area contributed by atoms with Crippen LogP contribution in [0.1, 0.15) is 41.4 Å². The van der Waals surface area contributed by atoms with Crippen molar-refractivity contribution >= 4 is 11.7 Å². The molecule has 188 valence electrons. The van der Waals surface area contributed by atoms with Crippen molar-refractivity contribution in [1.82, 2.24) is 19.8 Å². The van der Waals surface area contributed by atoms with Crippen LogP contribution in [0.25, 0.3) is 11.1 Å². The third kappa shape index (κ3) is 5.58. The Bertz CT molecular complexity index is 1180. The van der Waals surface area contributed by atoms with Gasteiger partial charge in [-0.25, -0.2) is 9.97 Å². The average Bonchev–Trinajstić information content (AvgIpc) is 2.93. The van der Waals surface area contributed by atoms with Crippen LogP contribution in [0.3, 0.4) is 0 Å². The van der Waals surface area contributed by atoms with Gasteiger partial charge < -0.3 is 15.0 Å². The fraction of sp³-hybridized carbons (Fsp3) is 0.414. The number of ether oxygens (including phenoxy) is 1. The highest BCUT2D eigenvalue weighted by molar-refractivity contribution is 5.94. The van der Waals surface area contributed by atoms with Crippen LogP contribution in [0, 0.1) is 6.92 Å². The van der Waals surface area contributed by atoms with Gasteiger partial charge in [-0.15, -0.1) is 0 Å². The van der Waals surface area contributed by atoms with Crippen LogP contribution < -0.4 is 5.32 Å². The van der Waals surface area contributed by atoms with E-state index in [0.717, 1.165) is 56.8 Å². The molecule has 0 aliphatic carbocycles. The van der Waals surface area contributed by atoms with E-state index in [2.05, 4.69) is 75.6 Å². The van der Waals surface area contributed by atoms with E-state index >= 15 is 0 Å². The number of likely N-dealkylation sites (tertiary alicyclic amines) is 1. The number of rotatable bonds is 6. The molecule has 7 heteroatoms. The van der Waals surface area contributed by atoms with E-state index in [4.69, 9.17) is 4.74 Å². The normalized spacial score (nSPS) is 19.3. The molecule has 1 atom stereocenters. The number of carbonyl (C=O) groups is 1. The van der Waals surface area contributed by atoms with Crippen LogP contribution in [0.5, 0.6) is 0 Å². The lowest BCUT2D eigenvalue weighted by Crippen LogP contribution is -2.51. The van der Waals surface area contributed by atoms with Crippen LogP contribution in [-0.4, -0.2) is 70.6 Å². The molecule has 1 N–H and O–H groups in total. The van der Waals surface area contributed by atoms with Crippen LogP contribution in [0.2, 0.25) is 0 Å². The molecule has 1 amide bonds. The summed E-state index contributed by atoms with van der Waals surface area (Å²) < 4.78 is 5.69. The lowest BCUT2D eigenvalue weighted by atomic mass is 10.0. The zero-order valence-corrected chi connectivity index (χ0v) is 21.2. The zero-order valence-electron chi connectivity index (χ0n) is 21.2. The first kappa shape index (κ1) is 24.4. The molecule has 3 heterocycles. The monoisotopic (exact) mass is 485 g/mol. The van der Waals surface area contributed by atoms with Gasteiger partial charge in [0.05, 0.1) is 12.7 Å². The Kier molecular flexibility index (Phi) is 7.58. The van der Waals surface area contributed by atoms with E-state index in [-0.39, 0.29) is 12.0 Å².